The monoisotopic (exact) mass is 365 g/mol. The van der Waals surface area contributed by atoms with E-state index >= 15 is 0 Å². The van der Waals surface area contributed by atoms with Crippen molar-refractivity contribution >= 4 is 60.5 Å². The molecule has 3 nitrogen and oxygen atoms in total. The van der Waals surface area contributed by atoms with E-state index in [1.165, 1.54) is 6.07 Å². The zero-order valence-corrected chi connectivity index (χ0v) is 13.1. The number of sulfonamides is 1. The third-order valence-corrected chi connectivity index (χ3v) is 6.73. The molecule has 0 amide bonds. The SMILES string of the molecule is CCC(CCl)NS(=O)(=O)c1cc(Cl)c(Br)s1. The van der Waals surface area contributed by atoms with Crippen molar-refractivity contribution in [2.45, 2.75) is 23.6 Å². The van der Waals surface area contributed by atoms with Gasteiger partial charge in [-0.15, -0.1) is 22.9 Å². The Morgan fingerprint density at radius 2 is 2.25 bits per heavy atom. The molecule has 1 N–H and O–H groups in total. The van der Waals surface area contributed by atoms with Crippen LogP contribution in [0, 0.1) is 0 Å². The molecule has 0 bridgehead atoms. The molecule has 0 saturated heterocycles. The summed E-state index contributed by atoms with van der Waals surface area (Å²) in [5.74, 6) is 0.246. The summed E-state index contributed by atoms with van der Waals surface area (Å²) in [6.45, 7) is 1.87. The van der Waals surface area contributed by atoms with E-state index in [-0.39, 0.29) is 16.1 Å². The van der Waals surface area contributed by atoms with Crippen molar-refractivity contribution in [1.82, 2.24) is 4.72 Å². The van der Waals surface area contributed by atoms with Crippen molar-refractivity contribution in [2.24, 2.45) is 0 Å². The molecule has 0 aliphatic rings. The van der Waals surface area contributed by atoms with Gasteiger partial charge in [0.1, 0.15) is 4.21 Å². The minimum Gasteiger partial charge on any atom is -0.206 e. The Morgan fingerprint density at radius 1 is 1.62 bits per heavy atom. The van der Waals surface area contributed by atoms with Crippen LogP contribution in [0.1, 0.15) is 13.3 Å². The lowest BCUT2D eigenvalue weighted by molar-refractivity contribution is 0.559. The normalized spacial score (nSPS) is 14.0. The average molecular weight is 367 g/mol. The molecule has 0 saturated carbocycles. The highest BCUT2D eigenvalue weighted by molar-refractivity contribution is 9.11. The van der Waals surface area contributed by atoms with Crippen LogP contribution in [0.15, 0.2) is 14.1 Å². The first-order chi connectivity index (χ1) is 7.40. The van der Waals surface area contributed by atoms with Crippen LogP contribution < -0.4 is 4.72 Å². The van der Waals surface area contributed by atoms with Crippen molar-refractivity contribution in [3.63, 3.8) is 0 Å². The molecule has 0 aliphatic carbocycles. The van der Waals surface area contributed by atoms with Crippen molar-refractivity contribution < 1.29 is 8.42 Å². The van der Waals surface area contributed by atoms with Crippen molar-refractivity contribution in [2.75, 3.05) is 5.88 Å². The molecule has 0 fully saturated rings. The Balaban J connectivity index is 2.94. The molecule has 92 valence electrons. The topological polar surface area (TPSA) is 46.2 Å². The van der Waals surface area contributed by atoms with Gasteiger partial charge in [0.15, 0.2) is 0 Å². The summed E-state index contributed by atoms with van der Waals surface area (Å²) in [4.78, 5) is 0. The first-order valence-corrected chi connectivity index (χ1v) is 8.44. The third kappa shape index (κ3) is 3.58. The van der Waals surface area contributed by atoms with Gasteiger partial charge in [-0.05, 0) is 28.4 Å². The molecule has 8 heteroatoms. The lowest BCUT2D eigenvalue weighted by Crippen LogP contribution is -2.35. The smallest absolute Gasteiger partial charge is 0.206 e. The van der Waals surface area contributed by atoms with E-state index in [1.54, 1.807) is 0 Å². The van der Waals surface area contributed by atoms with Crippen LogP contribution in [-0.4, -0.2) is 20.3 Å². The first-order valence-electron chi connectivity index (χ1n) is 4.43. The van der Waals surface area contributed by atoms with Crippen LogP contribution in [-0.2, 0) is 10.0 Å². The van der Waals surface area contributed by atoms with Gasteiger partial charge in [-0.1, -0.05) is 18.5 Å². The van der Waals surface area contributed by atoms with Crippen molar-refractivity contribution in [3.05, 3.63) is 14.9 Å². The molecule has 1 rings (SSSR count). The Kier molecular flexibility index (Phi) is 5.54. The van der Waals surface area contributed by atoms with Gasteiger partial charge in [0.2, 0.25) is 10.0 Å². The van der Waals surface area contributed by atoms with Crippen molar-refractivity contribution in [3.8, 4) is 0 Å². The first kappa shape index (κ1) is 14.7. The summed E-state index contributed by atoms with van der Waals surface area (Å²) in [6.07, 6.45) is 0.642. The second-order valence-corrected chi connectivity index (χ2v) is 8.09. The number of alkyl halides is 1. The van der Waals surface area contributed by atoms with Gasteiger partial charge in [0.05, 0.1) is 8.81 Å². The van der Waals surface area contributed by atoms with Gasteiger partial charge in [-0.25, -0.2) is 13.1 Å². The third-order valence-electron chi connectivity index (χ3n) is 1.89. The molecule has 16 heavy (non-hydrogen) atoms. The molecule has 0 aromatic carbocycles. The van der Waals surface area contributed by atoms with Crippen LogP contribution in [0.25, 0.3) is 0 Å². The highest BCUT2D eigenvalue weighted by atomic mass is 79.9. The maximum absolute atomic E-state index is 11.9. The zero-order valence-electron chi connectivity index (χ0n) is 8.34. The van der Waals surface area contributed by atoms with Crippen LogP contribution in [0.5, 0.6) is 0 Å². The maximum atomic E-state index is 11.9. The zero-order chi connectivity index (χ0) is 12.3. The van der Waals surface area contributed by atoms with E-state index in [4.69, 9.17) is 23.2 Å². The number of hydrogen-bond donors (Lipinski definition) is 1. The standard InChI is InChI=1S/C8H10BrCl2NO2S2/c1-2-5(4-10)12-16(13,14)7-3-6(11)8(9)15-7/h3,5,12H,2,4H2,1H3. The summed E-state index contributed by atoms with van der Waals surface area (Å²) >= 11 is 15.7. The van der Waals surface area contributed by atoms with E-state index in [0.29, 0.717) is 15.2 Å². The highest BCUT2D eigenvalue weighted by Gasteiger charge is 2.21. The predicted octanol–water partition coefficient (Wildman–Crippen LogP) is 3.46. The molecule has 1 aromatic heterocycles. The van der Waals surface area contributed by atoms with Gasteiger partial charge in [-0.2, -0.15) is 0 Å². The fourth-order valence-electron chi connectivity index (χ4n) is 0.961. The molecule has 0 aliphatic heterocycles. The maximum Gasteiger partial charge on any atom is 0.250 e. The molecule has 0 radical (unpaired) electrons. The molecular weight excluding hydrogens is 357 g/mol. The number of nitrogens with one attached hydrogen (secondary N) is 1. The fraction of sp³-hybridized carbons (Fsp3) is 0.500. The minimum atomic E-state index is -3.52. The summed E-state index contributed by atoms with van der Waals surface area (Å²) in [5.41, 5.74) is 0. The Bertz CT molecular complexity index is 437. The van der Waals surface area contributed by atoms with E-state index in [9.17, 15) is 8.42 Å². The molecule has 0 spiro atoms. The second kappa shape index (κ2) is 6.02. The van der Waals surface area contributed by atoms with Crippen LogP contribution in [0.2, 0.25) is 5.02 Å². The van der Waals surface area contributed by atoms with E-state index < -0.39 is 10.0 Å². The molecule has 1 aromatic rings. The summed E-state index contributed by atoms with van der Waals surface area (Å²) in [5, 5.41) is 0.393. The van der Waals surface area contributed by atoms with Gasteiger partial charge < -0.3 is 0 Å². The number of rotatable bonds is 5. The molecule has 1 atom stereocenters. The van der Waals surface area contributed by atoms with Gasteiger partial charge in [0, 0.05) is 11.9 Å². The lowest BCUT2D eigenvalue weighted by Gasteiger charge is -2.12. The van der Waals surface area contributed by atoms with E-state index in [1.807, 2.05) is 6.92 Å². The average Bonchev–Trinajstić information content (AvgIpc) is 2.56. The molecular formula is C8H10BrCl2NO2S2. The quantitative estimate of drug-likeness (QED) is 0.811. The van der Waals surface area contributed by atoms with Gasteiger partial charge in [0.25, 0.3) is 0 Å². The predicted molar refractivity (Wildman–Crippen MR) is 72.1 cm³/mol. The summed E-state index contributed by atoms with van der Waals surface area (Å²) < 4.78 is 27.1. The summed E-state index contributed by atoms with van der Waals surface area (Å²) in [6, 6.07) is 1.16. The van der Waals surface area contributed by atoms with E-state index in [0.717, 1.165) is 11.3 Å². The Labute approximate surface area is 117 Å². The second-order valence-electron chi connectivity index (χ2n) is 3.07. The Hall–Kier alpha value is 0.670. The van der Waals surface area contributed by atoms with E-state index in [2.05, 4.69) is 20.7 Å². The van der Waals surface area contributed by atoms with Gasteiger partial charge in [-0.3, -0.25) is 0 Å². The van der Waals surface area contributed by atoms with Crippen LogP contribution in [0.3, 0.4) is 0 Å². The van der Waals surface area contributed by atoms with Gasteiger partial charge >= 0.3 is 0 Å². The van der Waals surface area contributed by atoms with Crippen LogP contribution in [0.4, 0.5) is 0 Å². The minimum absolute atomic E-state index is 0.188. The largest absolute Gasteiger partial charge is 0.250 e. The fourth-order valence-corrected chi connectivity index (χ4v) is 5.08. The highest BCUT2D eigenvalue weighted by Crippen LogP contribution is 2.34. The number of halogens is 3. The number of thiophene rings is 1. The molecule has 1 heterocycles. The van der Waals surface area contributed by atoms with Crippen molar-refractivity contribution in [1.29, 1.82) is 0 Å². The molecule has 1 unspecified atom stereocenters. The summed E-state index contributed by atoms with van der Waals surface area (Å²) in [7, 11) is -3.52. The lowest BCUT2D eigenvalue weighted by atomic mass is 10.3. The number of hydrogen-bond acceptors (Lipinski definition) is 3. The Morgan fingerprint density at radius 3 is 2.62 bits per heavy atom. The van der Waals surface area contributed by atoms with Crippen LogP contribution >= 0.6 is 50.5 Å².